The van der Waals surface area contributed by atoms with Crippen molar-refractivity contribution in [2.45, 2.75) is 26.3 Å². The van der Waals surface area contributed by atoms with Crippen LogP contribution in [0.4, 0.5) is 0 Å². The van der Waals surface area contributed by atoms with Crippen molar-refractivity contribution in [3.05, 3.63) is 35.4 Å². The number of hydrogen-bond acceptors (Lipinski definition) is 2. The first kappa shape index (κ1) is 11.4. The zero-order chi connectivity index (χ0) is 11.3. The molecule has 1 atom stereocenters. The molecule has 1 rings (SSSR count). The molecule has 0 aliphatic heterocycles. The summed E-state index contributed by atoms with van der Waals surface area (Å²) in [6.45, 7) is 3.50. The van der Waals surface area contributed by atoms with Gasteiger partial charge in [0.05, 0.1) is 6.04 Å². The highest BCUT2D eigenvalue weighted by molar-refractivity contribution is 5.76. The van der Waals surface area contributed by atoms with E-state index in [0.717, 1.165) is 11.1 Å². The predicted molar refractivity (Wildman–Crippen MR) is 58.4 cm³/mol. The van der Waals surface area contributed by atoms with Gasteiger partial charge in [-0.05, 0) is 19.4 Å². The SMILES string of the molecule is CC(=O)CC(NC=O)c1cccc(C)c1. The summed E-state index contributed by atoms with van der Waals surface area (Å²) >= 11 is 0. The van der Waals surface area contributed by atoms with Gasteiger partial charge in [-0.2, -0.15) is 0 Å². The van der Waals surface area contributed by atoms with Crippen LogP contribution in [0.2, 0.25) is 0 Å². The number of carbonyl (C=O) groups is 2. The van der Waals surface area contributed by atoms with Crippen LogP contribution in [0.15, 0.2) is 24.3 Å². The normalized spacial score (nSPS) is 11.9. The van der Waals surface area contributed by atoms with E-state index < -0.39 is 0 Å². The van der Waals surface area contributed by atoms with Gasteiger partial charge in [0.2, 0.25) is 6.41 Å². The number of rotatable bonds is 5. The van der Waals surface area contributed by atoms with Crippen LogP contribution in [0.1, 0.15) is 30.5 Å². The summed E-state index contributed by atoms with van der Waals surface area (Å²) in [5.41, 5.74) is 2.09. The third kappa shape index (κ3) is 3.54. The molecule has 0 fully saturated rings. The lowest BCUT2D eigenvalue weighted by molar-refractivity contribution is -0.117. The number of amides is 1. The molecule has 0 saturated heterocycles. The molecule has 0 heterocycles. The topological polar surface area (TPSA) is 46.2 Å². The van der Waals surface area contributed by atoms with E-state index in [-0.39, 0.29) is 11.8 Å². The van der Waals surface area contributed by atoms with Gasteiger partial charge in [0, 0.05) is 6.42 Å². The Kier molecular flexibility index (Phi) is 4.03. The van der Waals surface area contributed by atoms with Crippen LogP contribution in [0.5, 0.6) is 0 Å². The van der Waals surface area contributed by atoms with Crippen LogP contribution in [-0.2, 0) is 9.59 Å². The zero-order valence-electron chi connectivity index (χ0n) is 8.99. The van der Waals surface area contributed by atoms with E-state index in [2.05, 4.69) is 5.32 Å². The van der Waals surface area contributed by atoms with Gasteiger partial charge < -0.3 is 5.32 Å². The molecule has 15 heavy (non-hydrogen) atoms. The lowest BCUT2D eigenvalue weighted by Gasteiger charge is -2.15. The Hall–Kier alpha value is -1.64. The molecule has 1 unspecified atom stereocenters. The highest BCUT2D eigenvalue weighted by Crippen LogP contribution is 2.17. The van der Waals surface area contributed by atoms with E-state index in [0.29, 0.717) is 12.8 Å². The molecule has 0 spiro atoms. The maximum atomic E-state index is 11.0. The molecule has 1 aromatic rings. The van der Waals surface area contributed by atoms with Gasteiger partial charge in [-0.15, -0.1) is 0 Å². The summed E-state index contributed by atoms with van der Waals surface area (Å²) < 4.78 is 0. The summed E-state index contributed by atoms with van der Waals surface area (Å²) in [6, 6.07) is 7.58. The number of carbonyl (C=O) groups excluding carboxylic acids is 2. The summed E-state index contributed by atoms with van der Waals surface area (Å²) in [7, 11) is 0. The molecular formula is C12H15NO2. The number of ketones is 1. The Bertz CT molecular complexity index is 360. The third-order valence-corrected chi connectivity index (χ3v) is 2.21. The summed E-state index contributed by atoms with van der Waals surface area (Å²) in [5.74, 6) is 0.0656. The van der Waals surface area contributed by atoms with Crippen molar-refractivity contribution in [3.63, 3.8) is 0 Å². The first-order valence-corrected chi connectivity index (χ1v) is 4.89. The van der Waals surface area contributed by atoms with Gasteiger partial charge in [0.15, 0.2) is 0 Å². The molecule has 1 aromatic carbocycles. The van der Waals surface area contributed by atoms with E-state index in [1.54, 1.807) is 0 Å². The van der Waals surface area contributed by atoms with Crippen LogP contribution >= 0.6 is 0 Å². The van der Waals surface area contributed by atoms with E-state index >= 15 is 0 Å². The van der Waals surface area contributed by atoms with Gasteiger partial charge in [-0.3, -0.25) is 9.59 Å². The molecule has 0 radical (unpaired) electrons. The fraction of sp³-hybridized carbons (Fsp3) is 0.333. The number of benzene rings is 1. The van der Waals surface area contributed by atoms with Crippen molar-refractivity contribution < 1.29 is 9.59 Å². The Morgan fingerprint density at radius 2 is 2.27 bits per heavy atom. The summed E-state index contributed by atoms with van der Waals surface area (Å²) in [4.78, 5) is 21.5. The van der Waals surface area contributed by atoms with Crippen LogP contribution in [0.3, 0.4) is 0 Å². The van der Waals surface area contributed by atoms with Crippen molar-refractivity contribution in [2.75, 3.05) is 0 Å². The number of aryl methyl sites for hydroxylation is 1. The maximum Gasteiger partial charge on any atom is 0.207 e. The highest BCUT2D eigenvalue weighted by Gasteiger charge is 2.12. The lowest BCUT2D eigenvalue weighted by Crippen LogP contribution is -2.21. The van der Waals surface area contributed by atoms with Gasteiger partial charge in [0.1, 0.15) is 5.78 Å². The van der Waals surface area contributed by atoms with E-state index in [1.165, 1.54) is 6.92 Å². The Labute approximate surface area is 89.5 Å². The average molecular weight is 205 g/mol. The number of nitrogens with one attached hydrogen (secondary N) is 1. The Morgan fingerprint density at radius 1 is 1.53 bits per heavy atom. The highest BCUT2D eigenvalue weighted by atomic mass is 16.1. The quantitative estimate of drug-likeness (QED) is 0.744. The van der Waals surface area contributed by atoms with Gasteiger partial charge in [0.25, 0.3) is 0 Å². The van der Waals surface area contributed by atoms with Crippen LogP contribution in [0, 0.1) is 6.92 Å². The van der Waals surface area contributed by atoms with Crippen molar-refractivity contribution in [2.24, 2.45) is 0 Å². The van der Waals surface area contributed by atoms with Crippen LogP contribution in [-0.4, -0.2) is 12.2 Å². The minimum Gasteiger partial charge on any atom is -0.351 e. The first-order valence-electron chi connectivity index (χ1n) is 4.89. The molecular weight excluding hydrogens is 190 g/mol. The molecule has 3 heteroatoms. The summed E-state index contributed by atoms with van der Waals surface area (Å²) in [5, 5.41) is 2.66. The van der Waals surface area contributed by atoms with E-state index in [9.17, 15) is 9.59 Å². The Morgan fingerprint density at radius 3 is 2.80 bits per heavy atom. The molecule has 0 saturated carbocycles. The smallest absolute Gasteiger partial charge is 0.207 e. The van der Waals surface area contributed by atoms with Crippen LogP contribution < -0.4 is 5.32 Å². The molecule has 0 aliphatic carbocycles. The second kappa shape index (κ2) is 5.29. The molecule has 1 N–H and O–H groups in total. The molecule has 0 aliphatic rings. The van der Waals surface area contributed by atoms with Crippen molar-refractivity contribution >= 4 is 12.2 Å². The fourth-order valence-electron chi connectivity index (χ4n) is 1.53. The second-order valence-electron chi connectivity index (χ2n) is 3.66. The first-order chi connectivity index (χ1) is 7.13. The molecule has 80 valence electrons. The van der Waals surface area contributed by atoms with Gasteiger partial charge >= 0.3 is 0 Å². The third-order valence-electron chi connectivity index (χ3n) is 2.21. The summed E-state index contributed by atoms with van der Waals surface area (Å²) in [6.07, 6.45) is 0.970. The maximum absolute atomic E-state index is 11.0. The standard InChI is InChI=1S/C12H15NO2/c1-9-4-3-5-11(6-9)12(13-8-14)7-10(2)15/h3-6,8,12H,7H2,1-2H3,(H,13,14). The van der Waals surface area contributed by atoms with E-state index in [4.69, 9.17) is 0 Å². The average Bonchev–Trinajstić information content (AvgIpc) is 2.16. The molecule has 3 nitrogen and oxygen atoms in total. The monoisotopic (exact) mass is 205 g/mol. The number of Topliss-reactive ketones (excluding diaryl/α,β-unsaturated/α-hetero) is 1. The zero-order valence-corrected chi connectivity index (χ0v) is 8.99. The fourth-order valence-corrected chi connectivity index (χ4v) is 1.53. The molecule has 0 aromatic heterocycles. The minimum absolute atomic E-state index is 0.0656. The lowest BCUT2D eigenvalue weighted by atomic mass is 10.0. The second-order valence-corrected chi connectivity index (χ2v) is 3.66. The van der Waals surface area contributed by atoms with Crippen molar-refractivity contribution in [3.8, 4) is 0 Å². The van der Waals surface area contributed by atoms with Gasteiger partial charge in [-0.1, -0.05) is 29.8 Å². The molecule has 0 bridgehead atoms. The van der Waals surface area contributed by atoms with Gasteiger partial charge in [-0.25, -0.2) is 0 Å². The molecule has 1 amide bonds. The van der Waals surface area contributed by atoms with Crippen molar-refractivity contribution in [1.29, 1.82) is 0 Å². The van der Waals surface area contributed by atoms with Crippen LogP contribution in [0.25, 0.3) is 0 Å². The predicted octanol–water partition coefficient (Wildman–Crippen LogP) is 1.76. The largest absolute Gasteiger partial charge is 0.351 e. The minimum atomic E-state index is -0.208. The number of hydrogen-bond donors (Lipinski definition) is 1. The van der Waals surface area contributed by atoms with Crippen molar-refractivity contribution in [1.82, 2.24) is 5.32 Å². The van der Waals surface area contributed by atoms with E-state index in [1.807, 2.05) is 31.2 Å². The Balaban J connectivity index is 2.87.